The fourth-order valence-corrected chi connectivity index (χ4v) is 8.18. The number of esters is 1. The van der Waals surface area contributed by atoms with E-state index in [1.165, 1.54) is 5.57 Å². The zero-order chi connectivity index (χ0) is 24.7. The molecule has 0 aromatic carbocycles. The normalized spacial score (nSPS) is 41.2. The molecule has 0 aromatic rings. The number of fused-ring (bicyclic) bond motifs is 5. The van der Waals surface area contributed by atoms with Gasteiger partial charge in [-0.1, -0.05) is 45.6 Å². The summed E-state index contributed by atoms with van der Waals surface area (Å²) in [5.41, 5.74) is -1.37. The monoisotopic (exact) mass is 474 g/mol. The lowest BCUT2D eigenvalue weighted by Gasteiger charge is -2.60. The Morgan fingerprint density at radius 3 is 2.62 bits per heavy atom. The van der Waals surface area contributed by atoms with E-state index in [9.17, 15) is 24.6 Å². The molecule has 6 heteroatoms. The Hall–Kier alpha value is -1.53. The van der Waals surface area contributed by atoms with E-state index in [4.69, 9.17) is 4.74 Å². The van der Waals surface area contributed by atoms with Gasteiger partial charge in [-0.15, -0.1) is 0 Å². The summed E-state index contributed by atoms with van der Waals surface area (Å²) in [4.78, 5) is 37.4. The second-order valence-corrected chi connectivity index (χ2v) is 11.9. The van der Waals surface area contributed by atoms with Gasteiger partial charge in [0.25, 0.3) is 0 Å². The van der Waals surface area contributed by atoms with Crippen LogP contribution in [-0.2, 0) is 19.1 Å². The van der Waals surface area contributed by atoms with Crippen LogP contribution in [0.15, 0.2) is 11.6 Å². The Morgan fingerprint density at radius 1 is 1.12 bits per heavy atom. The highest BCUT2D eigenvalue weighted by atomic mass is 16.5. The molecule has 2 N–H and O–H groups in total. The van der Waals surface area contributed by atoms with Gasteiger partial charge in [-0.25, -0.2) is 0 Å². The average Bonchev–Trinajstić information content (AvgIpc) is 3.06. The number of aliphatic hydroxyl groups excluding tert-OH is 1. The molecule has 4 rings (SSSR count). The van der Waals surface area contributed by atoms with E-state index < -0.39 is 29.5 Å². The standard InChI is InChI=1S/C28H42O6/c1-4-5-6-7-8-24(32)34-17-23(31)28(33)14-12-21-20-10-9-18-15-19(29)11-13-26(18,2)25(20)22(30)16-27(21,28)3/h15,20-22,25,30,33H,4-14,16-17H2,1-3H3/t20?,21?,22-,25?,26-,27-,28-/m0/s1. The van der Waals surface area contributed by atoms with E-state index in [0.717, 1.165) is 51.4 Å². The van der Waals surface area contributed by atoms with Gasteiger partial charge < -0.3 is 14.9 Å². The van der Waals surface area contributed by atoms with Gasteiger partial charge >= 0.3 is 5.97 Å². The summed E-state index contributed by atoms with van der Waals surface area (Å²) in [7, 11) is 0. The number of Topliss-reactive ketones (excluding diaryl/α,β-unsaturated/α-hetero) is 1. The number of aliphatic hydroxyl groups is 2. The number of unbranched alkanes of at least 4 members (excludes halogenated alkanes) is 3. The van der Waals surface area contributed by atoms with Crippen LogP contribution in [0.25, 0.3) is 0 Å². The van der Waals surface area contributed by atoms with E-state index in [1.807, 2.05) is 13.0 Å². The molecule has 0 aliphatic heterocycles. The molecular formula is C28H42O6. The molecule has 6 nitrogen and oxygen atoms in total. The first-order valence-electron chi connectivity index (χ1n) is 13.4. The number of ether oxygens (including phenoxy) is 1. The van der Waals surface area contributed by atoms with Crippen molar-refractivity contribution in [3.63, 3.8) is 0 Å². The van der Waals surface area contributed by atoms with Gasteiger partial charge in [0.2, 0.25) is 5.78 Å². The van der Waals surface area contributed by atoms with Crippen molar-refractivity contribution in [1.82, 2.24) is 0 Å². The van der Waals surface area contributed by atoms with Gasteiger partial charge in [0.15, 0.2) is 12.4 Å². The fourth-order valence-electron chi connectivity index (χ4n) is 8.18. The Kier molecular flexibility index (Phi) is 7.14. The van der Waals surface area contributed by atoms with Gasteiger partial charge in [-0.05, 0) is 74.2 Å². The smallest absolute Gasteiger partial charge is 0.306 e. The van der Waals surface area contributed by atoms with Gasteiger partial charge in [0, 0.05) is 18.3 Å². The number of rotatable bonds is 8. The van der Waals surface area contributed by atoms with Crippen molar-refractivity contribution in [3.8, 4) is 0 Å². The van der Waals surface area contributed by atoms with Crippen molar-refractivity contribution < 1.29 is 29.3 Å². The first-order valence-corrected chi connectivity index (χ1v) is 13.4. The SMILES string of the molecule is CCCCCCC(=O)OCC(=O)[C@@]1(O)CCC2C3CCC4=CC(=O)CC[C@]4(C)C3[C@@H](O)C[C@@]21C. The Bertz CT molecular complexity index is 863. The summed E-state index contributed by atoms with van der Waals surface area (Å²) in [6, 6.07) is 0. The Morgan fingerprint density at radius 2 is 1.88 bits per heavy atom. The van der Waals surface area contributed by atoms with Crippen molar-refractivity contribution in [2.24, 2.45) is 28.6 Å². The average molecular weight is 475 g/mol. The highest BCUT2D eigenvalue weighted by Gasteiger charge is 2.68. The second kappa shape index (κ2) is 9.50. The molecule has 0 radical (unpaired) electrons. The molecule has 0 spiro atoms. The van der Waals surface area contributed by atoms with Crippen LogP contribution >= 0.6 is 0 Å². The number of allylic oxidation sites excluding steroid dienone is 1. The molecule has 190 valence electrons. The predicted octanol–water partition coefficient (Wildman–Crippen LogP) is 4.30. The lowest BCUT2D eigenvalue weighted by Crippen LogP contribution is -2.62. The molecule has 0 bridgehead atoms. The lowest BCUT2D eigenvalue weighted by atomic mass is 9.45. The van der Waals surface area contributed by atoms with Gasteiger partial charge in [0.1, 0.15) is 5.60 Å². The number of ketones is 2. The summed E-state index contributed by atoms with van der Waals surface area (Å²) in [6.45, 7) is 5.85. The molecule has 4 aliphatic carbocycles. The Balaban J connectivity index is 1.47. The van der Waals surface area contributed by atoms with Crippen molar-refractivity contribution in [1.29, 1.82) is 0 Å². The summed E-state index contributed by atoms with van der Waals surface area (Å²) in [5.74, 6) is -0.277. The molecule has 34 heavy (non-hydrogen) atoms. The molecule has 0 amide bonds. The highest BCUT2D eigenvalue weighted by molar-refractivity contribution is 5.92. The van der Waals surface area contributed by atoms with Crippen LogP contribution < -0.4 is 0 Å². The molecule has 0 saturated heterocycles. The van der Waals surface area contributed by atoms with E-state index in [0.29, 0.717) is 25.7 Å². The van der Waals surface area contributed by atoms with Crippen LogP contribution in [0.3, 0.4) is 0 Å². The summed E-state index contributed by atoms with van der Waals surface area (Å²) >= 11 is 0. The maximum absolute atomic E-state index is 13.2. The van der Waals surface area contributed by atoms with Crippen molar-refractivity contribution in [2.75, 3.05) is 6.61 Å². The number of carbonyl (C=O) groups excluding carboxylic acids is 3. The minimum Gasteiger partial charge on any atom is -0.458 e. The second-order valence-electron chi connectivity index (χ2n) is 11.9. The highest BCUT2D eigenvalue weighted by Crippen LogP contribution is 2.67. The molecule has 0 aromatic heterocycles. The Labute approximate surface area is 203 Å². The molecule has 4 aliphatic rings. The van der Waals surface area contributed by atoms with Gasteiger partial charge in [0.05, 0.1) is 6.10 Å². The summed E-state index contributed by atoms with van der Waals surface area (Å²) in [5, 5.41) is 23.1. The van der Waals surface area contributed by atoms with E-state index in [-0.39, 0.29) is 34.9 Å². The first-order chi connectivity index (χ1) is 16.1. The van der Waals surface area contributed by atoms with Crippen LogP contribution in [-0.4, -0.2) is 46.1 Å². The molecule has 0 heterocycles. The third-order valence-corrected chi connectivity index (χ3v) is 10.1. The molecule has 3 fully saturated rings. The van der Waals surface area contributed by atoms with Gasteiger partial charge in [-0.2, -0.15) is 0 Å². The third kappa shape index (κ3) is 4.09. The predicted molar refractivity (Wildman–Crippen MR) is 128 cm³/mol. The van der Waals surface area contributed by atoms with Crippen molar-refractivity contribution >= 4 is 17.5 Å². The summed E-state index contributed by atoms with van der Waals surface area (Å²) in [6.07, 6.45) is 9.74. The van der Waals surface area contributed by atoms with Crippen molar-refractivity contribution in [3.05, 3.63) is 11.6 Å². The van der Waals surface area contributed by atoms with Crippen LogP contribution in [0.5, 0.6) is 0 Å². The first kappa shape index (κ1) is 25.6. The maximum atomic E-state index is 13.2. The third-order valence-electron chi connectivity index (χ3n) is 10.1. The number of carbonyl (C=O) groups is 3. The minimum absolute atomic E-state index is 0.0390. The van der Waals surface area contributed by atoms with Crippen LogP contribution in [0.2, 0.25) is 0 Å². The quantitative estimate of drug-likeness (QED) is 0.402. The number of hydrogen-bond donors (Lipinski definition) is 2. The number of hydrogen-bond acceptors (Lipinski definition) is 6. The zero-order valence-electron chi connectivity index (χ0n) is 21.1. The van der Waals surface area contributed by atoms with E-state index in [2.05, 4.69) is 13.8 Å². The molecule has 3 saturated carbocycles. The topological polar surface area (TPSA) is 101 Å². The minimum atomic E-state index is -1.59. The largest absolute Gasteiger partial charge is 0.458 e. The fraction of sp³-hybridized carbons (Fsp3) is 0.821. The van der Waals surface area contributed by atoms with Gasteiger partial charge in [-0.3, -0.25) is 14.4 Å². The van der Waals surface area contributed by atoms with Crippen LogP contribution in [0.4, 0.5) is 0 Å². The lowest BCUT2D eigenvalue weighted by molar-refractivity contribution is -0.184. The molecule has 3 unspecified atom stereocenters. The van der Waals surface area contributed by atoms with E-state index in [1.54, 1.807) is 0 Å². The summed E-state index contributed by atoms with van der Waals surface area (Å²) < 4.78 is 5.27. The molecular weight excluding hydrogens is 432 g/mol. The molecule has 7 atom stereocenters. The van der Waals surface area contributed by atoms with Crippen molar-refractivity contribution in [2.45, 2.75) is 110 Å². The van der Waals surface area contributed by atoms with E-state index >= 15 is 0 Å². The zero-order valence-corrected chi connectivity index (χ0v) is 21.1. The maximum Gasteiger partial charge on any atom is 0.306 e. The van der Waals surface area contributed by atoms with Crippen LogP contribution in [0.1, 0.15) is 97.8 Å². The van der Waals surface area contributed by atoms with Crippen LogP contribution in [0, 0.1) is 28.6 Å².